The third-order valence-corrected chi connectivity index (χ3v) is 5.23. The molecule has 0 radical (unpaired) electrons. The van der Waals surface area contributed by atoms with E-state index in [-0.39, 0.29) is 36.1 Å². The molecule has 5 nitrogen and oxygen atoms in total. The highest BCUT2D eigenvalue weighted by Gasteiger charge is 2.22. The number of oxazole rings is 1. The zero-order chi connectivity index (χ0) is 17.1. The highest BCUT2D eigenvalue weighted by atomic mass is 32.2. The molecule has 128 valence electrons. The number of hydrogen-bond acceptors (Lipinski definition) is 4. The summed E-state index contributed by atoms with van der Waals surface area (Å²) in [6, 6.07) is 3.16. The maximum atomic E-state index is 13.7. The van der Waals surface area contributed by atoms with E-state index in [1.807, 2.05) is 0 Å². The smallest absolute Gasteiger partial charge is 0.220 e. The number of hydrogen-bond donors (Lipinski definition) is 1. The molecule has 3 rings (SSSR count). The van der Waals surface area contributed by atoms with Gasteiger partial charge in [-0.05, 0) is 18.6 Å². The number of rotatable bonds is 5. The van der Waals surface area contributed by atoms with E-state index < -0.39 is 22.4 Å². The Hall–Kier alpha value is -2.09. The minimum absolute atomic E-state index is 0.0354. The van der Waals surface area contributed by atoms with Gasteiger partial charge < -0.3 is 9.73 Å². The van der Waals surface area contributed by atoms with Crippen LogP contribution in [0.15, 0.2) is 28.8 Å². The van der Waals surface area contributed by atoms with E-state index in [1.54, 1.807) is 0 Å². The lowest BCUT2D eigenvalue weighted by Crippen LogP contribution is -2.35. The van der Waals surface area contributed by atoms with Crippen LogP contribution in [0.2, 0.25) is 0 Å². The Labute approximate surface area is 139 Å². The number of benzene rings is 1. The van der Waals surface area contributed by atoms with Crippen molar-refractivity contribution in [2.24, 2.45) is 0 Å². The predicted molar refractivity (Wildman–Crippen MR) is 84.6 cm³/mol. The second-order valence-electron chi connectivity index (χ2n) is 5.61. The van der Waals surface area contributed by atoms with Crippen molar-refractivity contribution >= 4 is 16.7 Å². The van der Waals surface area contributed by atoms with Crippen LogP contribution >= 0.6 is 0 Å². The lowest BCUT2D eigenvalue weighted by molar-refractivity contribution is -0.121. The van der Waals surface area contributed by atoms with Crippen LogP contribution in [0.5, 0.6) is 0 Å². The van der Waals surface area contributed by atoms with Crippen molar-refractivity contribution in [1.82, 2.24) is 10.3 Å². The number of carbonyl (C=O) groups is 1. The molecule has 1 aromatic heterocycles. The van der Waals surface area contributed by atoms with Crippen LogP contribution in [0.4, 0.5) is 8.78 Å². The van der Waals surface area contributed by atoms with Crippen molar-refractivity contribution in [3.8, 4) is 11.3 Å². The van der Waals surface area contributed by atoms with Crippen molar-refractivity contribution in [3.63, 3.8) is 0 Å². The molecule has 0 bridgehead atoms. The Bertz CT molecular complexity index is 778. The first-order chi connectivity index (χ1) is 11.5. The fraction of sp³-hybridized carbons (Fsp3) is 0.375. The van der Waals surface area contributed by atoms with Gasteiger partial charge >= 0.3 is 0 Å². The maximum Gasteiger partial charge on any atom is 0.220 e. The molecule has 0 spiro atoms. The molecule has 2 heterocycles. The number of aryl methyl sites for hydroxylation is 1. The van der Waals surface area contributed by atoms with Gasteiger partial charge in [-0.1, -0.05) is 0 Å². The molecule has 24 heavy (non-hydrogen) atoms. The van der Waals surface area contributed by atoms with Gasteiger partial charge in [0.1, 0.15) is 11.6 Å². The summed E-state index contributed by atoms with van der Waals surface area (Å²) in [6.07, 6.45) is 2.52. The number of aromatic nitrogens is 1. The summed E-state index contributed by atoms with van der Waals surface area (Å²) in [5.74, 6) is 0.0560. The molecular formula is C16H16F2N2O3S. The average Bonchev–Trinajstić information content (AvgIpc) is 3.14. The number of nitrogens with zero attached hydrogens (tertiary/aromatic N) is 1. The predicted octanol–water partition coefficient (Wildman–Crippen LogP) is 2.19. The molecule has 1 aliphatic heterocycles. The second-order valence-corrected chi connectivity index (χ2v) is 7.23. The van der Waals surface area contributed by atoms with Gasteiger partial charge in [0.25, 0.3) is 0 Å². The first-order valence-corrected chi connectivity index (χ1v) is 9.04. The topological polar surface area (TPSA) is 72.2 Å². The fourth-order valence-corrected chi connectivity index (χ4v) is 3.95. The summed E-state index contributed by atoms with van der Waals surface area (Å²) >= 11 is 0. The Morgan fingerprint density at radius 1 is 1.42 bits per heavy atom. The van der Waals surface area contributed by atoms with E-state index >= 15 is 0 Å². The minimum atomic E-state index is -0.839. The average molecular weight is 354 g/mol. The van der Waals surface area contributed by atoms with Crippen LogP contribution in [-0.2, 0) is 22.0 Å². The molecule has 2 atom stereocenters. The lowest BCUT2D eigenvalue weighted by atomic mass is 10.2. The van der Waals surface area contributed by atoms with Crippen molar-refractivity contribution in [2.45, 2.75) is 25.3 Å². The molecule has 0 unspecified atom stereocenters. The van der Waals surface area contributed by atoms with Crippen LogP contribution in [0.25, 0.3) is 11.3 Å². The Balaban J connectivity index is 1.56. The van der Waals surface area contributed by atoms with Gasteiger partial charge in [0, 0.05) is 47.3 Å². The summed E-state index contributed by atoms with van der Waals surface area (Å²) in [6.45, 7) is 0. The van der Waals surface area contributed by atoms with E-state index in [0.29, 0.717) is 17.4 Å². The van der Waals surface area contributed by atoms with E-state index in [9.17, 15) is 17.8 Å². The van der Waals surface area contributed by atoms with Gasteiger partial charge in [-0.25, -0.2) is 13.8 Å². The Morgan fingerprint density at radius 2 is 2.25 bits per heavy atom. The molecule has 1 N–H and O–H groups in total. The molecule has 1 fully saturated rings. The molecular weight excluding hydrogens is 338 g/mol. The number of amides is 1. The Morgan fingerprint density at radius 3 is 2.96 bits per heavy atom. The molecule has 0 saturated carbocycles. The summed E-state index contributed by atoms with van der Waals surface area (Å²) in [5.41, 5.74) is 0.119. The summed E-state index contributed by atoms with van der Waals surface area (Å²) < 4.78 is 43.3. The van der Waals surface area contributed by atoms with E-state index in [4.69, 9.17) is 4.42 Å². The highest BCUT2D eigenvalue weighted by Crippen LogP contribution is 2.24. The van der Waals surface area contributed by atoms with Crippen LogP contribution in [-0.4, -0.2) is 32.6 Å². The summed E-state index contributed by atoms with van der Waals surface area (Å²) in [5, 5.41) is 2.83. The zero-order valence-electron chi connectivity index (χ0n) is 12.8. The van der Waals surface area contributed by atoms with Gasteiger partial charge in [0.15, 0.2) is 11.7 Å². The van der Waals surface area contributed by atoms with Crippen molar-refractivity contribution in [1.29, 1.82) is 0 Å². The molecule has 1 saturated heterocycles. The summed E-state index contributed by atoms with van der Waals surface area (Å²) in [7, 11) is -0.839. The van der Waals surface area contributed by atoms with E-state index in [2.05, 4.69) is 10.3 Å². The zero-order valence-corrected chi connectivity index (χ0v) is 13.6. The molecule has 8 heteroatoms. The van der Waals surface area contributed by atoms with Crippen molar-refractivity contribution < 1.29 is 22.2 Å². The van der Waals surface area contributed by atoms with Gasteiger partial charge in [-0.3, -0.25) is 9.00 Å². The monoisotopic (exact) mass is 354 g/mol. The summed E-state index contributed by atoms with van der Waals surface area (Å²) in [4.78, 5) is 15.9. The number of halogens is 2. The largest absolute Gasteiger partial charge is 0.441 e. The van der Waals surface area contributed by atoms with E-state index in [1.165, 1.54) is 12.3 Å². The standard InChI is InChI=1S/C16H16F2N2O3S/c17-10-1-2-12(13(18)7-10)14-8-19-16(23-14)4-3-15(21)20-11-5-6-24(22)9-11/h1-2,7-8,11H,3-6,9H2,(H,20,21)/t11-,24-/m1/s1. The lowest BCUT2D eigenvalue weighted by Gasteiger charge is -2.09. The molecule has 1 amide bonds. The third kappa shape index (κ3) is 4.05. The molecule has 1 aliphatic rings. The molecule has 2 aromatic rings. The van der Waals surface area contributed by atoms with Crippen LogP contribution < -0.4 is 5.32 Å². The van der Waals surface area contributed by atoms with Crippen LogP contribution in [0.3, 0.4) is 0 Å². The van der Waals surface area contributed by atoms with E-state index in [0.717, 1.165) is 18.6 Å². The fourth-order valence-electron chi connectivity index (χ4n) is 2.54. The highest BCUT2D eigenvalue weighted by molar-refractivity contribution is 7.85. The third-order valence-electron chi connectivity index (χ3n) is 3.76. The molecule has 0 aliphatic carbocycles. The van der Waals surface area contributed by atoms with Crippen molar-refractivity contribution in [3.05, 3.63) is 41.9 Å². The number of nitrogens with one attached hydrogen (secondary N) is 1. The van der Waals surface area contributed by atoms with Crippen molar-refractivity contribution in [2.75, 3.05) is 11.5 Å². The minimum Gasteiger partial charge on any atom is -0.441 e. The van der Waals surface area contributed by atoms with Gasteiger partial charge in [-0.2, -0.15) is 0 Å². The first-order valence-electron chi connectivity index (χ1n) is 7.56. The Kier molecular flexibility index (Phi) is 5.03. The first kappa shape index (κ1) is 16.8. The second kappa shape index (κ2) is 7.21. The maximum absolute atomic E-state index is 13.7. The van der Waals surface area contributed by atoms with Gasteiger partial charge in [-0.15, -0.1) is 0 Å². The van der Waals surface area contributed by atoms with Crippen LogP contribution in [0, 0.1) is 11.6 Å². The van der Waals surface area contributed by atoms with Gasteiger partial charge in [0.05, 0.1) is 11.8 Å². The van der Waals surface area contributed by atoms with Crippen LogP contribution in [0.1, 0.15) is 18.7 Å². The normalized spacial score (nSPS) is 20.2. The number of carbonyl (C=O) groups excluding carboxylic acids is 1. The molecule has 1 aromatic carbocycles. The quantitative estimate of drug-likeness (QED) is 0.893. The van der Waals surface area contributed by atoms with Gasteiger partial charge in [0.2, 0.25) is 5.91 Å². The SMILES string of the molecule is O=C(CCc1ncc(-c2ccc(F)cc2F)o1)N[C@@H]1CC[S@@](=O)C1.